The number of nitrogens with one attached hydrogen (secondary N) is 1. The summed E-state index contributed by atoms with van der Waals surface area (Å²) in [6.07, 6.45) is 7.71. The monoisotopic (exact) mass is 308 g/mol. The van der Waals surface area contributed by atoms with Crippen molar-refractivity contribution in [2.24, 2.45) is 11.8 Å². The molecule has 0 spiro atoms. The van der Waals surface area contributed by atoms with Gasteiger partial charge in [0.2, 0.25) is 0 Å². The molecule has 3 fully saturated rings. The van der Waals surface area contributed by atoms with E-state index in [0.717, 1.165) is 24.8 Å². The molecule has 2 bridgehead atoms. The molecule has 126 valence electrons. The molecule has 1 saturated heterocycles. The number of fused-ring (bicyclic) bond motifs is 2. The standard InChI is InChI=1S/C18H32N2O2/c1-12-15(19-16-11-13-7-8-14(16)10-13)6-5-9-20(12)17(21)22-18(2,3)4/h12-16,19H,5-11H2,1-4H3. The van der Waals surface area contributed by atoms with Crippen LogP contribution < -0.4 is 5.32 Å². The van der Waals surface area contributed by atoms with Gasteiger partial charge >= 0.3 is 6.09 Å². The molecule has 2 saturated carbocycles. The Morgan fingerprint density at radius 2 is 1.91 bits per heavy atom. The van der Waals surface area contributed by atoms with Crippen molar-refractivity contribution in [2.75, 3.05) is 6.54 Å². The normalized spacial score (nSPS) is 38.4. The lowest BCUT2D eigenvalue weighted by Crippen LogP contribution is -2.57. The van der Waals surface area contributed by atoms with Gasteiger partial charge in [-0.2, -0.15) is 0 Å². The minimum absolute atomic E-state index is 0.153. The predicted octanol–water partition coefficient (Wildman–Crippen LogP) is 3.55. The maximum absolute atomic E-state index is 12.4. The first kappa shape index (κ1) is 16.1. The third kappa shape index (κ3) is 3.42. The van der Waals surface area contributed by atoms with E-state index in [2.05, 4.69) is 12.2 Å². The van der Waals surface area contributed by atoms with Crippen LogP contribution in [-0.4, -0.2) is 41.3 Å². The lowest BCUT2D eigenvalue weighted by Gasteiger charge is -2.42. The number of likely N-dealkylation sites (tertiary alicyclic amines) is 1. The highest BCUT2D eigenvalue weighted by Gasteiger charge is 2.42. The molecular weight excluding hydrogens is 276 g/mol. The summed E-state index contributed by atoms with van der Waals surface area (Å²) in [5.41, 5.74) is -0.415. The Morgan fingerprint density at radius 3 is 2.50 bits per heavy atom. The zero-order valence-electron chi connectivity index (χ0n) is 14.6. The number of rotatable bonds is 2. The minimum Gasteiger partial charge on any atom is -0.444 e. The fourth-order valence-corrected chi connectivity index (χ4v) is 4.67. The summed E-state index contributed by atoms with van der Waals surface area (Å²) >= 11 is 0. The van der Waals surface area contributed by atoms with Gasteiger partial charge in [-0.1, -0.05) is 6.42 Å². The van der Waals surface area contributed by atoms with Gasteiger partial charge in [-0.15, -0.1) is 0 Å². The molecule has 1 amide bonds. The minimum atomic E-state index is -0.415. The number of carbonyl (C=O) groups is 1. The van der Waals surface area contributed by atoms with E-state index >= 15 is 0 Å². The van der Waals surface area contributed by atoms with E-state index in [0.29, 0.717) is 12.1 Å². The van der Waals surface area contributed by atoms with Gasteiger partial charge in [-0.05, 0) is 71.6 Å². The van der Waals surface area contributed by atoms with E-state index in [4.69, 9.17) is 4.74 Å². The van der Waals surface area contributed by atoms with Crippen LogP contribution in [0.3, 0.4) is 0 Å². The fourth-order valence-electron chi connectivity index (χ4n) is 4.67. The molecule has 4 nitrogen and oxygen atoms in total. The number of ether oxygens (including phenoxy) is 1. The van der Waals surface area contributed by atoms with Gasteiger partial charge in [0.15, 0.2) is 0 Å². The first-order chi connectivity index (χ1) is 10.3. The second kappa shape index (κ2) is 6.03. The molecule has 2 aliphatic carbocycles. The average Bonchev–Trinajstić information content (AvgIpc) is 3.01. The summed E-state index contributed by atoms with van der Waals surface area (Å²) in [7, 11) is 0. The predicted molar refractivity (Wildman–Crippen MR) is 87.8 cm³/mol. The lowest BCUT2D eigenvalue weighted by molar-refractivity contribution is 0.00581. The molecule has 0 radical (unpaired) electrons. The Balaban J connectivity index is 1.58. The number of carbonyl (C=O) groups excluding carboxylic acids is 1. The molecule has 3 aliphatic rings. The Labute approximate surface area is 135 Å². The first-order valence-electron chi connectivity index (χ1n) is 9.09. The van der Waals surface area contributed by atoms with Crippen LogP contribution in [0.25, 0.3) is 0 Å². The van der Waals surface area contributed by atoms with Crippen LogP contribution in [0.2, 0.25) is 0 Å². The van der Waals surface area contributed by atoms with Crippen LogP contribution in [0.15, 0.2) is 0 Å². The van der Waals surface area contributed by atoms with Gasteiger partial charge in [0.1, 0.15) is 5.60 Å². The van der Waals surface area contributed by atoms with Gasteiger partial charge in [0.25, 0.3) is 0 Å². The molecule has 3 rings (SSSR count). The highest BCUT2D eigenvalue weighted by atomic mass is 16.6. The highest BCUT2D eigenvalue weighted by molar-refractivity contribution is 5.68. The Morgan fingerprint density at radius 1 is 1.14 bits per heavy atom. The van der Waals surface area contributed by atoms with Crippen LogP contribution in [-0.2, 0) is 4.74 Å². The van der Waals surface area contributed by atoms with Crippen molar-refractivity contribution < 1.29 is 9.53 Å². The number of amides is 1. The summed E-state index contributed by atoms with van der Waals surface area (Å²) in [6.45, 7) is 8.80. The molecular formula is C18H32N2O2. The van der Waals surface area contributed by atoms with Crippen molar-refractivity contribution in [1.29, 1.82) is 0 Å². The van der Waals surface area contributed by atoms with E-state index in [1.54, 1.807) is 0 Å². The Kier molecular flexibility index (Phi) is 4.41. The Bertz CT molecular complexity index is 418. The van der Waals surface area contributed by atoms with Crippen molar-refractivity contribution in [2.45, 2.75) is 89.9 Å². The lowest BCUT2D eigenvalue weighted by atomic mass is 9.91. The van der Waals surface area contributed by atoms with E-state index < -0.39 is 5.60 Å². The van der Waals surface area contributed by atoms with Crippen LogP contribution in [0, 0.1) is 11.8 Å². The molecule has 0 aromatic rings. The van der Waals surface area contributed by atoms with Crippen molar-refractivity contribution in [1.82, 2.24) is 10.2 Å². The second-order valence-corrected chi connectivity index (χ2v) is 8.61. The van der Waals surface area contributed by atoms with Gasteiger partial charge in [-0.25, -0.2) is 4.79 Å². The average molecular weight is 308 g/mol. The van der Waals surface area contributed by atoms with E-state index in [1.165, 1.54) is 32.1 Å². The quantitative estimate of drug-likeness (QED) is 0.848. The molecule has 22 heavy (non-hydrogen) atoms. The van der Waals surface area contributed by atoms with Crippen LogP contribution >= 0.6 is 0 Å². The van der Waals surface area contributed by atoms with Crippen LogP contribution in [0.5, 0.6) is 0 Å². The van der Waals surface area contributed by atoms with Crippen molar-refractivity contribution in [3.05, 3.63) is 0 Å². The topological polar surface area (TPSA) is 41.6 Å². The van der Waals surface area contributed by atoms with Crippen molar-refractivity contribution >= 4 is 6.09 Å². The molecule has 0 aromatic carbocycles. The van der Waals surface area contributed by atoms with E-state index in [9.17, 15) is 4.79 Å². The zero-order valence-corrected chi connectivity index (χ0v) is 14.6. The van der Waals surface area contributed by atoms with Gasteiger partial charge in [0.05, 0.1) is 0 Å². The molecule has 1 heterocycles. The van der Waals surface area contributed by atoms with Gasteiger partial charge in [-0.3, -0.25) is 0 Å². The zero-order chi connectivity index (χ0) is 15.9. The number of piperidine rings is 1. The smallest absolute Gasteiger partial charge is 0.410 e. The summed E-state index contributed by atoms with van der Waals surface area (Å²) in [5.74, 6) is 1.84. The third-order valence-electron chi connectivity index (χ3n) is 5.78. The fraction of sp³-hybridized carbons (Fsp3) is 0.944. The van der Waals surface area contributed by atoms with E-state index in [1.807, 2.05) is 25.7 Å². The maximum Gasteiger partial charge on any atom is 0.410 e. The first-order valence-corrected chi connectivity index (χ1v) is 9.09. The van der Waals surface area contributed by atoms with E-state index in [-0.39, 0.29) is 12.1 Å². The summed E-state index contributed by atoms with van der Waals surface area (Å²) in [4.78, 5) is 14.3. The summed E-state index contributed by atoms with van der Waals surface area (Å²) in [5, 5.41) is 3.90. The number of hydrogen-bond acceptors (Lipinski definition) is 3. The van der Waals surface area contributed by atoms with Crippen molar-refractivity contribution in [3.8, 4) is 0 Å². The molecule has 1 N–H and O–H groups in total. The second-order valence-electron chi connectivity index (χ2n) is 8.61. The number of nitrogens with zero attached hydrogens (tertiary/aromatic N) is 1. The summed E-state index contributed by atoms with van der Waals surface area (Å²) in [6, 6.07) is 1.33. The largest absolute Gasteiger partial charge is 0.444 e. The molecule has 1 aliphatic heterocycles. The highest BCUT2D eigenvalue weighted by Crippen LogP contribution is 2.44. The summed E-state index contributed by atoms with van der Waals surface area (Å²) < 4.78 is 5.57. The maximum atomic E-state index is 12.4. The van der Waals surface area contributed by atoms with Crippen LogP contribution in [0.4, 0.5) is 4.79 Å². The molecule has 5 atom stereocenters. The SMILES string of the molecule is CC1C(NC2CC3CCC2C3)CCCN1C(=O)OC(C)(C)C. The van der Waals surface area contributed by atoms with Gasteiger partial charge < -0.3 is 15.0 Å². The van der Waals surface area contributed by atoms with Crippen molar-refractivity contribution in [3.63, 3.8) is 0 Å². The van der Waals surface area contributed by atoms with Gasteiger partial charge in [0, 0.05) is 24.7 Å². The molecule has 5 unspecified atom stereocenters. The molecule has 4 heteroatoms. The third-order valence-corrected chi connectivity index (χ3v) is 5.78. The van der Waals surface area contributed by atoms with Crippen LogP contribution in [0.1, 0.15) is 66.2 Å². The number of hydrogen-bond donors (Lipinski definition) is 1. The Hall–Kier alpha value is -0.770. The molecule has 0 aromatic heterocycles.